The van der Waals surface area contributed by atoms with Crippen molar-refractivity contribution in [2.75, 3.05) is 5.32 Å². The molecule has 0 spiro atoms. The number of hydrogen-bond donors (Lipinski definition) is 2. The maximum absolute atomic E-state index is 14.3. The van der Waals surface area contributed by atoms with Gasteiger partial charge in [-0.05, 0) is 81.3 Å². The third-order valence-electron chi connectivity index (χ3n) is 6.79. The van der Waals surface area contributed by atoms with Crippen LogP contribution in [0.4, 0.5) is 10.5 Å². The Hall–Kier alpha value is -3.87. The first-order valence-electron chi connectivity index (χ1n) is 14.1. The summed E-state index contributed by atoms with van der Waals surface area (Å²) < 4.78 is 5.48. The van der Waals surface area contributed by atoms with Gasteiger partial charge in [-0.25, -0.2) is 4.79 Å². The molecule has 0 aliphatic heterocycles. The van der Waals surface area contributed by atoms with Gasteiger partial charge in [0.15, 0.2) is 0 Å². The van der Waals surface area contributed by atoms with Crippen molar-refractivity contribution in [3.63, 3.8) is 0 Å². The van der Waals surface area contributed by atoms with Crippen molar-refractivity contribution in [1.29, 1.82) is 0 Å². The summed E-state index contributed by atoms with van der Waals surface area (Å²) in [6.45, 7) is 11.3. The lowest BCUT2D eigenvalue weighted by Gasteiger charge is -2.35. The molecule has 3 aromatic carbocycles. The van der Waals surface area contributed by atoms with Crippen LogP contribution in [0.15, 0.2) is 66.7 Å². The zero-order chi connectivity index (χ0) is 29.0. The van der Waals surface area contributed by atoms with Crippen LogP contribution in [-0.2, 0) is 14.3 Å². The quantitative estimate of drug-likeness (QED) is 0.312. The molecule has 0 heterocycles. The molecule has 40 heavy (non-hydrogen) atoms. The zero-order valence-electron chi connectivity index (χ0n) is 24.4. The van der Waals surface area contributed by atoms with Crippen molar-refractivity contribution in [3.8, 4) is 0 Å². The van der Waals surface area contributed by atoms with Gasteiger partial charge in [-0.2, -0.15) is 0 Å². The van der Waals surface area contributed by atoms with Crippen LogP contribution in [0.5, 0.6) is 0 Å². The first-order chi connectivity index (χ1) is 18.9. The molecule has 0 bridgehead atoms. The monoisotopic (exact) mass is 543 g/mol. The van der Waals surface area contributed by atoms with Crippen molar-refractivity contribution in [1.82, 2.24) is 10.2 Å². The van der Waals surface area contributed by atoms with Crippen LogP contribution >= 0.6 is 0 Å². The summed E-state index contributed by atoms with van der Waals surface area (Å²) in [4.78, 5) is 42.8. The van der Waals surface area contributed by atoms with Crippen LogP contribution in [0.3, 0.4) is 0 Å². The Bertz CT molecular complexity index is 1370. The molecule has 0 aromatic heterocycles. The predicted octanol–water partition coefficient (Wildman–Crippen LogP) is 6.76. The van der Waals surface area contributed by atoms with E-state index in [2.05, 4.69) is 10.6 Å². The van der Waals surface area contributed by atoms with Gasteiger partial charge in [-0.15, -0.1) is 0 Å². The molecule has 0 radical (unpaired) electrons. The average Bonchev–Trinajstić information content (AvgIpc) is 3.70. The largest absolute Gasteiger partial charge is 0.444 e. The molecule has 2 atom stereocenters. The highest BCUT2D eigenvalue weighted by Crippen LogP contribution is 2.37. The molecular formula is C33H41N3O4. The van der Waals surface area contributed by atoms with Gasteiger partial charge in [0.1, 0.15) is 17.7 Å². The molecule has 1 aliphatic carbocycles. The number of aryl methyl sites for hydroxylation is 1. The van der Waals surface area contributed by atoms with Crippen molar-refractivity contribution < 1.29 is 19.1 Å². The Balaban J connectivity index is 1.69. The molecule has 4 rings (SSSR count). The highest BCUT2D eigenvalue weighted by atomic mass is 16.6. The number of ether oxygens (including phenoxy) is 1. The highest BCUT2D eigenvalue weighted by molar-refractivity contribution is 6.00. The summed E-state index contributed by atoms with van der Waals surface area (Å²) in [5.74, 6) is -0.433. The van der Waals surface area contributed by atoms with Gasteiger partial charge in [-0.1, -0.05) is 74.0 Å². The maximum Gasteiger partial charge on any atom is 0.408 e. The van der Waals surface area contributed by atoms with E-state index in [1.807, 2.05) is 87.5 Å². The Morgan fingerprint density at radius 1 is 0.950 bits per heavy atom. The highest BCUT2D eigenvalue weighted by Gasteiger charge is 2.44. The molecule has 2 N–H and O–H groups in total. The van der Waals surface area contributed by atoms with Crippen molar-refractivity contribution in [3.05, 3.63) is 77.9 Å². The van der Waals surface area contributed by atoms with E-state index < -0.39 is 23.8 Å². The van der Waals surface area contributed by atoms with Crippen LogP contribution < -0.4 is 10.6 Å². The molecule has 1 saturated carbocycles. The van der Waals surface area contributed by atoms with Gasteiger partial charge in [0.2, 0.25) is 5.91 Å². The van der Waals surface area contributed by atoms with Crippen molar-refractivity contribution >= 4 is 34.4 Å². The molecule has 7 heteroatoms. The summed E-state index contributed by atoms with van der Waals surface area (Å²) in [6.07, 6.45) is 1.39. The predicted molar refractivity (Wildman–Crippen MR) is 159 cm³/mol. The van der Waals surface area contributed by atoms with Crippen LogP contribution in [-0.4, -0.2) is 40.5 Å². The van der Waals surface area contributed by atoms with Gasteiger partial charge >= 0.3 is 6.09 Å². The number of fused-ring (bicyclic) bond motifs is 1. The summed E-state index contributed by atoms with van der Waals surface area (Å²) in [5, 5.41) is 7.98. The lowest BCUT2D eigenvalue weighted by molar-refractivity contribution is -0.141. The topological polar surface area (TPSA) is 87.7 Å². The number of nitrogens with zero attached hydrogens (tertiary/aromatic N) is 1. The minimum absolute atomic E-state index is 0.0875. The Morgan fingerprint density at radius 2 is 1.65 bits per heavy atom. The van der Waals surface area contributed by atoms with E-state index in [1.54, 1.807) is 25.7 Å². The van der Waals surface area contributed by atoms with Gasteiger partial charge in [0, 0.05) is 11.7 Å². The van der Waals surface area contributed by atoms with Gasteiger partial charge in [-0.3, -0.25) is 9.59 Å². The van der Waals surface area contributed by atoms with Crippen LogP contribution in [0.2, 0.25) is 0 Å². The fraction of sp³-hybridized carbons (Fsp3) is 0.424. The summed E-state index contributed by atoms with van der Waals surface area (Å²) >= 11 is 0. The van der Waals surface area contributed by atoms with Crippen molar-refractivity contribution in [2.45, 2.75) is 84.5 Å². The molecule has 3 amide bonds. The van der Waals surface area contributed by atoms with Gasteiger partial charge in [0.05, 0.1) is 0 Å². The SMILES string of the molecule is Cc1cccc(C(C(=O)Nc2ccc3ccccc3c2)N(C(=O)C(CC(C)C)NC(=O)OC(C)(C)C)C2CC2)c1. The number of nitrogens with one attached hydrogen (secondary N) is 2. The van der Waals surface area contributed by atoms with E-state index in [9.17, 15) is 14.4 Å². The molecule has 2 unspecified atom stereocenters. The van der Waals surface area contributed by atoms with E-state index in [-0.39, 0.29) is 23.8 Å². The molecule has 212 valence electrons. The Labute approximate surface area is 237 Å². The van der Waals surface area contributed by atoms with E-state index in [1.165, 1.54) is 0 Å². The first kappa shape index (κ1) is 29.1. The van der Waals surface area contributed by atoms with Gasteiger partial charge in [0.25, 0.3) is 5.91 Å². The number of hydrogen-bond acceptors (Lipinski definition) is 4. The molecule has 1 aliphatic rings. The smallest absolute Gasteiger partial charge is 0.408 e. The van der Waals surface area contributed by atoms with Crippen LogP contribution in [0, 0.1) is 12.8 Å². The molecule has 7 nitrogen and oxygen atoms in total. The molecular weight excluding hydrogens is 502 g/mol. The second-order valence-corrected chi connectivity index (χ2v) is 12.2. The molecule has 1 fully saturated rings. The lowest BCUT2D eigenvalue weighted by atomic mass is 9.98. The van der Waals surface area contributed by atoms with Crippen LogP contribution in [0.25, 0.3) is 10.8 Å². The summed E-state index contributed by atoms with van der Waals surface area (Å²) in [6, 6.07) is 19.7. The number of benzene rings is 3. The number of carbonyl (C=O) groups excluding carboxylic acids is 3. The van der Waals surface area contributed by atoms with Crippen LogP contribution in [0.1, 0.15) is 71.0 Å². The van der Waals surface area contributed by atoms with E-state index >= 15 is 0 Å². The summed E-state index contributed by atoms with van der Waals surface area (Å²) in [7, 11) is 0. The average molecular weight is 544 g/mol. The minimum Gasteiger partial charge on any atom is -0.444 e. The van der Waals surface area contributed by atoms with E-state index in [0.29, 0.717) is 12.1 Å². The fourth-order valence-electron chi connectivity index (χ4n) is 4.95. The van der Waals surface area contributed by atoms with Crippen molar-refractivity contribution in [2.24, 2.45) is 5.92 Å². The Morgan fingerprint density at radius 3 is 2.27 bits per heavy atom. The number of carbonyl (C=O) groups is 3. The standard InChI is InChI=1S/C33H41N3O4/c1-21(2)18-28(35-32(39)40-33(4,5)6)31(38)36(27-16-17-27)29(25-13-9-10-22(3)19-25)30(37)34-26-15-14-23-11-7-8-12-24(23)20-26/h7-15,19-21,27-29H,16-18H2,1-6H3,(H,34,37)(H,35,39). The number of rotatable bonds is 9. The Kier molecular flexibility index (Phi) is 8.82. The van der Waals surface area contributed by atoms with E-state index in [0.717, 1.165) is 34.7 Å². The minimum atomic E-state index is -0.860. The maximum atomic E-state index is 14.3. The molecule has 3 aromatic rings. The van der Waals surface area contributed by atoms with Gasteiger partial charge < -0.3 is 20.3 Å². The molecule has 0 saturated heterocycles. The zero-order valence-corrected chi connectivity index (χ0v) is 24.4. The number of alkyl carbamates (subject to hydrolysis) is 1. The third kappa shape index (κ3) is 7.62. The fourth-order valence-corrected chi connectivity index (χ4v) is 4.95. The first-order valence-corrected chi connectivity index (χ1v) is 14.1. The van der Waals surface area contributed by atoms with E-state index in [4.69, 9.17) is 4.74 Å². The second kappa shape index (κ2) is 12.1. The lowest BCUT2D eigenvalue weighted by Crippen LogP contribution is -2.53. The third-order valence-corrected chi connectivity index (χ3v) is 6.79. The number of amides is 3. The second-order valence-electron chi connectivity index (χ2n) is 12.2. The normalized spacial score (nSPS) is 14.9. The number of anilines is 1. The summed E-state index contributed by atoms with van der Waals surface area (Å²) in [5.41, 5.74) is 1.69.